The molecule has 1 nitrogen and oxygen atoms in total. The Bertz CT molecular complexity index is 309. The Morgan fingerprint density at radius 2 is 2.38 bits per heavy atom. The minimum Gasteiger partial charge on any atom is -0.306 e. The van der Waals surface area contributed by atoms with Crippen molar-refractivity contribution in [3.05, 3.63) is 34.3 Å². The van der Waals surface area contributed by atoms with Crippen LogP contribution in [0.1, 0.15) is 36.9 Å². The summed E-state index contributed by atoms with van der Waals surface area (Å²) >= 11 is 5.92. The maximum Gasteiger partial charge on any atom is 0.0409 e. The molecule has 0 spiro atoms. The topological polar surface area (TPSA) is 12.0 Å². The molecule has 1 aliphatic rings. The third kappa shape index (κ3) is 1.72. The average Bonchev–Trinajstić information content (AvgIpc) is 2.49. The molecule has 1 atom stereocenters. The Morgan fingerprint density at radius 3 is 3.15 bits per heavy atom. The van der Waals surface area contributed by atoms with Crippen molar-refractivity contribution < 1.29 is 0 Å². The zero-order valence-electron chi connectivity index (χ0n) is 7.81. The van der Waals surface area contributed by atoms with Crippen molar-refractivity contribution in [2.45, 2.75) is 32.4 Å². The zero-order valence-corrected chi connectivity index (χ0v) is 8.56. The van der Waals surface area contributed by atoms with Crippen molar-refractivity contribution in [2.24, 2.45) is 0 Å². The first-order valence-electron chi connectivity index (χ1n) is 4.83. The highest BCUT2D eigenvalue weighted by Gasteiger charge is 2.20. The SMILES string of the molecule is CCCC1NCc2cc(Cl)ccc21. The molecule has 1 aromatic rings. The molecule has 1 N–H and O–H groups in total. The van der Waals surface area contributed by atoms with E-state index < -0.39 is 0 Å². The fourth-order valence-electron chi connectivity index (χ4n) is 1.96. The number of hydrogen-bond donors (Lipinski definition) is 1. The molecule has 13 heavy (non-hydrogen) atoms. The first-order valence-corrected chi connectivity index (χ1v) is 5.20. The summed E-state index contributed by atoms with van der Waals surface area (Å²) in [6, 6.07) is 6.75. The van der Waals surface area contributed by atoms with E-state index in [-0.39, 0.29) is 0 Å². The second-order valence-electron chi connectivity index (χ2n) is 3.57. The van der Waals surface area contributed by atoms with Crippen LogP contribution in [0.5, 0.6) is 0 Å². The van der Waals surface area contributed by atoms with Crippen LogP contribution >= 0.6 is 11.6 Å². The van der Waals surface area contributed by atoms with E-state index in [1.54, 1.807) is 0 Å². The van der Waals surface area contributed by atoms with Gasteiger partial charge in [0.2, 0.25) is 0 Å². The number of nitrogens with one attached hydrogen (secondary N) is 1. The van der Waals surface area contributed by atoms with Gasteiger partial charge in [-0.05, 0) is 29.7 Å². The molecule has 0 bridgehead atoms. The molecule has 0 amide bonds. The molecular weight excluding hydrogens is 182 g/mol. The van der Waals surface area contributed by atoms with E-state index in [0.717, 1.165) is 11.6 Å². The molecule has 1 aromatic carbocycles. The standard InChI is InChI=1S/C11H14ClN/c1-2-3-11-10-5-4-9(12)6-8(10)7-13-11/h4-6,11,13H,2-3,7H2,1H3. The van der Waals surface area contributed by atoms with Crippen molar-refractivity contribution >= 4 is 11.6 Å². The van der Waals surface area contributed by atoms with Gasteiger partial charge < -0.3 is 5.32 Å². The van der Waals surface area contributed by atoms with Crippen molar-refractivity contribution in [3.8, 4) is 0 Å². The lowest BCUT2D eigenvalue weighted by molar-refractivity contribution is 0.535. The van der Waals surface area contributed by atoms with Gasteiger partial charge in [-0.2, -0.15) is 0 Å². The van der Waals surface area contributed by atoms with Crippen LogP contribution in [0.15, 0.2) is 18.2 Å². The number of halogens is 1. The van der Waals surface area contributed by atoms with Crippen LogP contribution in [0.25, 0.3) is 0 Å². The molecular formula is C11H14ClN. The van der Waals surface area contributed by atoms with Crippen molar-refractivity contribution in [2.75, 3.05) is 0 Å². The molecule has 0 fully saturated rings. The zero-order chi connectivity index (χ0) is 9.26. The van der Waals surface area contributed by atoms with Gasteiger partial charge >= 0.3 is 0 Å². The lowest BCUT2D eigenvalue weighted by Gasteiger charge is -2.09. The predicted molar refractivity (Wildman–Crippen MR) is 55.9 cm³/mol. The maximum absolute atomic E-state index is 5.92. The summed E-state index contributed by atoms with van der Waals surface area (Å²) in [7, 11) is 0. The fraction of sp³-hybridized carbons (Fsp3) is 0.455. The van der Waals surface area contributed by atoms with Gasteiger partial charge in [0.15, 0.2) is 0 Å². The molecule has 0 saturated carbocycles. The molecule has 1 unspecified atom stereocenters. The number of hydrogen-bond acceptors (Lipinski definition) is 1. The summed E-state index contributed by atoms with van der Waals surface area (Å²) in [4.78, 5) is 0. The van der Waals surface area contributed by atoms with Crippen LogP contribution in [0.4, 0.5) is 0 Å². The Balaban J connectivity index is 2.27. The third-order valence-electron chi connectivity index (χ3n) is 2.60. The first-order chi connectivity index (χ1) is 6.31. The summed E-state index contributed by atoms with van der Waals surface area (Å²) in [5, 5.41) is 4.34. The summed E-state index contributed by atoms with van der Waals surface area (Å²) < 4.78 is 0. The molecule has 0 aromatic heterocycles. The van der Waals surface area contributed by atoms with Gasteiger partial charge in [-0.15, -0.1) is 0 Å². The molecule has 0 aliphatic carbocycles. The molecule has 0 radical (unpaired) electrons. The van der Waals surface area contributed by atoms with Gasteiger partial charge in [-0.3, -0.25) is 0 Å². The highest BCUT2D eigenvalue weighted by atomic mass is 35.5. The monoisotopic (exact) mass is 195 g/mol. The van der Waals surface area contributed by atoms with Crippen LogP contribution in [0, 0.1) is 0 Å². The normalized spacial score (nSPS) is 20.3. The average molecular weight is 196 g/mol. The molecule has 2 heteroatoms. The second-order valence-corrected chi connectivity index (χ2v) is 4.00. The number of rotatable bonds is 2. The third-order valence-corrected chi connectivity index (χ3v) is 2.83. The van der Waals surface area contributed by atoms with E-state index >= 15 is 0 Å². The van der Waals surface area contributed by atoms with E-state index in [2.05, 4.69) is 24.4 Å². The van der Waals surface area contributed by atoms with E-state index in [0.29, 0.717) is 6.04 Å². The van der Waals surface area contributed by atoms with Gasteiger partial charge in [0, 0.05) is 17.6 Å². The van der Waals surface area contributed by atoms with Crippen molar-refractivity contribution in [3.63, 3.8) is 0 Å². The maximum atomic E-state index is 5.92. The molecule has 2 rings (SSSR count). The molecule has 1 aliphatic heterocycles. The second kappa shape index (κ2) is 3.69. The summed E-state index contributed by atoms with van der Waals surface area (Å²) in [6.07, 6.45) is 2.44. The van der Waals surface area contributed by atoms with Crippen molar-refractivity contribution in [1.82, 2.24) is 5.32 Å². The molecule has 70 valence electrons. The van der Waals surface area contributed by atoms with Crippen LogP contribution in [-0.4, -0.2) is 0 Å². The highest BCUT2D eigenvalue weighted by molar-refractivity contribution is 6.30. The van der Waals surface area contributed by atoms with Crippen LogP contribution in [-0.2, 0) is 6.54 Å². The van der Waals surface area contributed by atoms with E-state index in [1.165, 1.54) is 24.0 Å². The van der Waals surface area contributed by atoms with Gasteiger partial charge in [0.1, 0.15) is 0 Å². The Morgan fingerprint density at radius 1 is 1.54 bits per heavy atom. The van der Waals surface area contributed by atoms with Crippen LogP contribution < -0.4 is 5.32 Å². The summed E-state index contributed by atoms with van der Waals surface area (Å²) in [5.74, 6) is 0. The smallest absolute Gasteiger partial charge is 0.0409 e. The van der Waals surface area contributed by atoms with Crippen molar-refractivity contribution in [1.29, 1.82) is 0 Å². The Kier molecular flexibility index (Phi) is 2.56. The number of fused-ring (bicyclic) bond motifs is 1. The van der Waals surface area contributed by atoms with Gasteiger partial charge in [-0.25, -0.2) is 0 Å². The van der Waals surface area contributed by atoms with Crippen LogP contribution in [0.3, 0.4) is 0 Å². The van der Waals surface area contributed by atoms with Gasteiger partial charge in [-0.1, -0.05) is 31.0 Å². The largest absolute Gasteiger partial charge is 0.306 e. The molecule has 1 heterocycles. The Hall–Kier alpha value is -0.530. The minimum atomic E-state index is 0.553. The lowest BCUT2D eigenvalue weighted by atomic mass is 10.0. The predicted octanol–water partition coefficient (Wildman–Crippen LogP) is 3.28. The highest BCUT2D eigenvalue weighted by Crippen LogP contribution is 2.30. The quantitative estimate of drug-likeness (QED) is 0.764. The fourth-order valence-corrected chi connectivity index (χ4v) is 2.15. The van der Waals surface area contributed by atoms with Gasteiger partial charge in [0.25, 0.3) is 0 Å². The Labute approximate surface area is 84.1 Å². The van der Waals surface area contributed by atoms with E-state index in [9.17, 15) is 0 Å². The van der Waals surface area contributed by atoms with Gasteiger partial charge in [0.05, 0.1) is 0 Å². The van der Waals surface area contributed by atoms with E-state index in [1.807, 2.05) is 6.07 Å². The van der Waals surface area contributed by atoms with Crippen LogP contribution in [0.2, 0.25) is 5.02 Å². The first kappa shape index (κ1) is 9.04. The van der Waals surface area contributed by atoms with E-state index in [4.69, 9.17) is 11.6 Å². The summed E-state index contributed by atoms with van der Waals surface area (Å²) in [6.45, 7) is 3.19. The lowest BCUT2D eigenvalue weighted by Crippen LogP contribution is -2.11. The summed E-state index contributed by atoms with van der Waals surface area (Å²) in [5.41, 5.74) is 2.80. The molecule has 0 saturated heterocycles. The minimum absolute atomic E-state index is 0.553. The number of benzene rings is 1.